The van der Waals surface area contributed by atoms with Crippen molar-refractivity contribution < 1.29 is 27.4 Å². The third-order valence-corrected chi connectivity index (χ3v) is 10.9. The molecule has 3 heterocycles. The second-order valence-corrected chi connectivity index (χ2v) is 16.0. The molecule has 0 bridgehead atoms. The molecule has 0 radical (unpaired) electrons. The number of carbonyl (C=O) groups excluding carboxylic acids is 1. The number of benzene rings is 2. The van der Waals surface area contributed by atoms with Crippen LogP contribution >= 0.6 is 0 Å². The summed E-state index contributed by atoms with van der Waals surface area (Å²) in [5.74, 6) is 2.00. The lowest BCUT2D eigenvalue weighted by Crippen LogP contribution is -2.37. The topological polar surface area (TPSA) is 133 Å². The second-order valence-electron chi connectivity index (χ2n) is 14.0. The van der Waals surface area contributed by atoms with Crippen LogP contribution in [0.5, 0.6) is 11.5 Å². The van der Waals surface area contributed by atoms with E-state index in [2.05, 4.69) is 10.3 Å². The Hall–Kier alpha value is -4.45. The number of fused-ring (bicyclic) bond motifs is 2. The van der Waals surface area contributed by atoms with Crippen LogP contribution in [0.3, 0.4) is 0 Å². The number of esters is 1. The average molecular weight is 688 g/mol. The molecule has 11 nitrogen and oxygen atoms in total. The number of sulfonamides is 1. The Morgan fingerprint density at radius 1 is 1.00 bits per heavy atom. The van der Waals surface area contributed by atoms with Crippen molar-refractivity contribution >= 4 is 38.7 Å². The molecule has 1 aliphatic heterocycles. The van der Waals surface area contributed by atoms with Crippen molar-refractivity contribution in [2.24, 2.45) is 5.92 Å². The lowest BCUT2D eigenvalue weighted by atomic mass is 9.84. The van der Waals surface area contributed by atoms with E-state index in [1.54, 1.807) is 32.5 Å². The maximum atomic E-state index is 13.3. The van der Waals surface area contributed by atoms with Crippen LogP contribution in [-0.4, -0.2) is 61.0 Å². The largest absolute Gasteiger partial charge is 0.497 e. The fourth-order valence-corrected chi connectivity index (χ4v) is 8.23. The van der Waals surface area contributed by atoms with E-state index in [1.165, 1.54) is 4.31 Å². The predicted molar refractivity (Wildman–Crippen MR) is 191 cm³/mol. The summed E-state index contributed by atoms with van der Waals surface area (Å²) < 4.78 is 44.4. The maximum absolute atomic E-state index is 13.3. The summed E-state index contributed by atoms with van der Waals surface area (Å²) in [6, 6.07) is 13.5. The van der Waals surface area contributed by atoms with E-state index in [1.807, 2.05) is 58.0 Å². The smallest absolute Gasteiger partial charge is 0.306 e. The Balaban J connectivity index is 1.16. The number of nitrogens with zero attached hydrogens (tertiary/aromatic N) is 4. The van der Waals surface area contributed by atoms with Crippen molar-refractivity contribution in [3.63, 3.8) is 0 Å². The molecular formula is C37H45N5O6S. The summed E-state index contributed by atoms with van der Waals surface area (Å²) in [5, 5.41) is 3.50. The molecule has 0 unspecified atom stereocenters. The first kappa shape index (κ1) is 34.4. The molecule has 2 aromatic carbocycles. The van der Waals surface area contributed by atoms with E-state index in [9.17, 15) is 13.2 Å². The number of rotatable bonds is 9. The van der Waals surface area contributed by atoms with Gasteiger partial charge in [0.1, 0.15) is 22.6 Å². The van der Waals surface area contributed by atoms with Crippen molar-refractivity contribution in [1.82, 2.24) is 15.0 Å². The molecule has 1 N–H and O–H groups in total. The van der Waals surface area contributed by atoms with Gasteiger partial charge in [-0.1, -0.05) is 6.07 Å². The average Bonchev–Trinajstić information content (AvgIpc) is 3.06. The number of methoxy groups -OCH3 is 2. The highest BCUT2D eigenvalue weighted by atomic mass is 32.2. The number of pyridine rings is 1. The van der Waals surface area contributed by atoms with E-state index in [0.717, 1.165) is 59.1 Å². The molecule has 1 saturated carbocycles. The minimum Gasteiger partial charge on any atom is -0.497 e. The van der Waals surface area contributed by atoms with Crippen molar-refractivity contribution in [3.05, 3.63) is 65.4 Å². The summed E-state index contributed by atoms with van der Waals surface area (Å²) in [6.45, 7) is 7.86. The summed E-state index contributed by atoms with van der Waals surface area (Å²) in [7, 11) is -0.386. The van der Waals surface area contributed by atoms with Gasteiger partial charge in [-0.05, 0) is 107 Å². The molecule has 2 aromatic heterocycles. The van der Waals surface area contributed by atoms with E-state index in [4.69, 9.17) is 24.2 Å². The number of aryl methyl sites for hydroxylation is 2. The molecule has 6 rings (SSSR count). The molecule has 2 aliphatic rings. The Kier molecular flexibility index (Phi) is 9.70. The molecule has 1 aliphatic carbocycles. The van der Waals surface area contributed by atoms with Gasteiger partial charge in [0.15, 0.2) is 0 Å². The molecule has 0 amide bonds. The van der Waals surface area contributed by atoms with Gasteiger partial charge >= 0.3 is 5.97 Å². The Bertz CT molecular complexity index is 1970. The number of carbonyl (C=O) groups is 1. The van der Waals surface area contributed by atoms with Gasteiger partial charge in [-0.2, -0.15) is 0 Å². The third kappa shape index (κ3) is 7.90. The molecule has 0 saturated heterocycles. The molecule has 0 atom stereocenters. The van der Waals surface area contributed by atoms with Crippen LogP contribution < -0.4 is 19.1 Å². The highest BCUT2D eigenvalue weighted by molar-refractivity contribution is 7.92. The Labute approximate surface area is 288 Å². The van der Waals surface area contributed by atoms with Crippen LogP contribution in [0.25, 0.3) is 22.3 Å². The van der Waals surface area contributed by atoms with Gasteiger partial charge in [0.05, 0.1) is 49.6 Å². The fourth-order valence-electron chi connectivity index (χ4n) is 6.72. The minimum atomic E-state index is -3.53. The zero-order chi connectivity index (χ0) is 34.9. The van der Waals surface area contributed by atoms with Crippen LogP contribution in [0.4, 0.5) is 11.6 Å². The van der Waals surface area contributed by atoms with Crippen molar-refractivity contribution in [2.75, 3.05) is 29.6 Å². The molecule has 12 heteroatoms. The van der Waals surface area contributed by atoms with Gasteiger partial charge in [-0.25, -0.2) is 23.4 Å². The van der Waals surface area contributed by atoms with E-state index in [0.29, 0.717) is 47.4 Å². The van der Waals surface area contributed by atoms with Crippen LogP contribution in [0.2, 0.25) is 0 Å². The number of nitrogens with one attached hydrogen (secondary N) is 1. The molecule has 49 heavy (non-hydrogen) atoms. The SMILES string of the molecule is COc1ccc(CN2c3ccc(-c4cc(C)c5nc(NC6CCC(CC(=O)OC(C)(C)C)CC6)ncc5n4)cc3CCS2(=O)=O)c(OC)c1. The second kappa shape index (κ2) is 13.8. The summed E-state index contributed by atoms with van der Waals surface area (Å²) in [6.07, 6.45) is 6.42. The third-order valence-electron chi connectivity index (χ3n) is 9.21. The summed E-state index contributed by atoms with van der Waals surface area (Å²) >= 11 is 0. The number of hydrogen-bond donors (Lipinski definition) is 1. The maximum Gasteiger partial charge on any atom is 0.306 e. The predicted octanol–water partition coefficient (Wildman–Crippen LogP) is 6.61. The number of aromatic nitrogens is 3. The highest BCUT2D eigenvalue weighted by Crippen LogP contribution is 2.37. The zero-order valence-electron chi connectivity index (χ0n) is 29.1. The molecule has 260 valence electrons. The van der Waals surface area contributed by atoms with E-state index >= 15 is 0 Å². The number of ether oxygens (including phenoxy) is 3. The highest BCUT2D eigenvalue weighted by Gasteiger charge is 2.31. The van der Waals surface area contributed by atoms with Crippen LogP contribution in [0, 0.1) is 12.8 Å². The monoisotopic (exact) mass is 687 g/mol. The fraction of sp³-hybridized carbons (Fsp3) is 0.459. The van der Waals surface area contributed by atoms with Gasteiger partial charge in [-0.3, -0.25) is 9.10 Å². The standard InChI is InChI=1S/C37H45N5O6S/c1-23-17-30(40-31-21-38-36(41-35(23)31)39-28-11-7-24(8-12-28)18-34(43)48-37(2,3)4)25-10-14-32-26(19-25)15-16-49(44,45)42(32)22-27-9-13-29(46-5)20-33(27)47-6/h9-10,13-14,17,19-21,24,28H,7-8,11-12,15-16,18,22H2,1-6H3,(H,38,39,41). The van der Waals surface area contributed by atoms with Crippen LogP contribution in [-0.2, 0) is 32.5 Å². The minimum absolute atomic E-state index is 0.0150. The first-order valence-corrected chi connectivity index (χ1v) is 18.4. The molecule has 0 spiro atoms. The van der Waals surface area contributed by atoms with Crippen LogP contribution in [0.15, 0.2) is 48.7 Å². The van der Waals surface area contributed by atoms with E-state index < -0.39 is 15.6 Å². The van der Waals surface area contributed by atoms with Gasteiger partial charge in [0.2, 0.25) is 16.0 Å². The lowest BCUT2D eigenvalue weighted by molar-refractivity contribution is -0.156. The van der Waals surface area contributed by atoms with Gasteiger partial charge in [-0.15, -0.1) is 0 Å². The summed E-state index contributed by atoms with van der Waals surface area (Å²) in [5.41, 5.74) is 6.00. The molecule has 1 fully saturated rings. The van der Waals surface area contributed by atoms with Crippen molar-refractivity contribution in [3.8, 4) is 22.8 Å². The van der Waals surface area contributed by atoms with Gasteiger partial charge in [0, 0.05) is 29.7 Å². The van der Waals surface area contributed by atoms with E-state index in [-0.39, 0.29) is 24.3 Å². The van der Waals surface area contributed by atoms with Gasteiger partial charge < -0.3 is 19.5 Å². The van der Waals surface area contributed by atoms with Crippen LogP contribution in [0.1, 0.15) is 69.6 Å². The number of anilines is 2. The lowest BCUT2D eigenvalue weighted by Gasteiger charge is -2.31. The molecular weight excluding hydrogens is 643 g/mol. The Morgan fingerprint density at radius 3 is 2.49 bits per heavy atom. The first-order valence-electron chi connectivity index (χ1n) is 16.8. The Morgan fingerprint density at radius 2 is 1.78 bits per heavy atom. The summed E-state index contributed by atoms with van der Waals surface area (Å²) in [4.78, 5) is 26.6. The van der Waals surface area contributed by atoms with Crippen molar-refractivity contribution in [1.29, 1.82) is 0 Å². The molecule has 4 aromatic rings. The first-order chi connectivity index (χ1) is 23.3. The zero-order valence-corrected chi connectivity index (χ0v) is 29.9. The van der Waals surface area contributed by atoms with Gasteiger partial charge in [0.25, 0.3) is 0 Å². The normalized spacial score (nSPS) is 18.9. The number of hydrogen-bond acceptors (Lipinski definition) is 10. The van der Waals surface area contributed by atoms with Crippen molar-refractivity contribution in [2.45, 2.75) is 84.4 Å². The quantitative estimate of drug-likeness (QED) is 0.192.